The molecule has 0 radical (unpaired) electrons. The van der Waals surface area contributed by atoms with E-state index in [1.165, 1.54) is 30.8 Å². The zero-order chi connectivity index (χ0) is 15.1. The highest BCUT2D eigenvalue weighted by atomic mass is 79.9. The van der Waals surface area contributed by atoms with Crippen molar-refractivity contribution < 1.29 is 4.39 Å². The monoisotopic (exact) mass is 373 g/mol. The van der Waals surface area contributed by atoms with Gasteiger partial charge in [0.15, 0.2) is 0 Å². The van der Waals surface area contributed by atoms with Gasteiger partial charge >= 0.3 is 0 Å². The highest BCUT2D eigenvalue weighted by Gasteiger charge is 2.20. The van der Waals surface area contributed by atoms with Crippen LogP contribution in [0.15, 0.2) is 22.7 Å². The van der Waals surface area contributed by atoms with E-state index in [0.29, 0.717) is 6.04 Å². The molecule has 1 unspecified atom stereocenters. The number of hydrogen-bond donors (Lipinski definition) is 1. The molecule has 0 spiro atoms. The smallest absolute Gasteiger partial charge is 0.126 e. The molecule has 2 rings (SSSR count). The van der Waals surface area contributed by atoms with Crippen LogP contribution in [0.2, 0.25) is 0 Å². The average Bonchev–Trinajstić information content (AvgIpc) is 2.49. The Hall–Kier alpha value is -0.0600. The van der Waals surface area contributed by atoms with Gasteiger partial charge in [-0.15, -0.1) is 0 Å². The normalized spacial score (nSPS) is 17.9. The lowest BCUT2D eigenvalue weighted by atomic mass is 9.91. The molecule has 21 heavy (non-hydrogen) atoms. The van der Waals surface area contributed by atoms with Crippen molar-refractivity contribution >= 4 is 27.7 Å². The summed E-state index contributed by atoms with van der Waals surface area (Å²) in [6, 6.07) is 5.65. The van der Waals surface area contributed by atoms with E-state index in [1.54, 1.807) is 12.1 Å². The molecule has 0 aromatic heterocycles. The Balaban J connectivity index is 1.98. The maximum absolute atomic E-state index is 14.0. The molecule has 0 amide bonds. The van der Waals surface area contributed by atoms with Crippen LogP contribution in [0.5, 0.6) is 0 Å². The zero-order valence-corrected chi connectivity index (χ0v) is 15.1. The standard InChI is InChI=1S/C17H25BrFNS/c1-2-7-20-16(10-13-5-8-21-9-6-13)12-14-11-15(18)3-4-17(14)19/h3-4,11,13,16,20H,2,5-10,12H2,1H3. The van der Waals surface area contributed by atoms with Crippen molar-refractivity contribution in [2.75, 3.05) is 18.1 Å². The molecule has 1 saturated heterocycles. The van der Waals surface area contributed by atoms with Gasteiger partial charge in [-0.05, 0) is 79.8 Å². The fraction of sp³-hybridized carbons (Fsp3) is 0.647. The molecule has 1 nitrogen and oxygen atoms in total. The second-order valence-electron chi connectivity index (χ2n) is 5.88. The van der Waals surface area contributed by atoms with Crippen LogP contribution in [-0.4, -0.2) is 24.1 Å². The summed E-state index contributed by atoms with van der Waals surface area (Å²) in [7, 11) is 0. The predicted octanol–water partition coefficient (Wildman–Crippen LogP) is 5.03. The predicted molar refractivity (Wildman–Crippen MR) is 94.6 cm³/mol. The van der Waals surface area contributed by atoms with Crippen LogP contribution in [0.25, 0.3) is 0 Å². The van der Waals surface area contributed by atoms with Gasteiger partial charge in [0.25, 0.3) is 0 Å². The summed E-state index contributed by atoms with van der Waals surface area (Å²) in [6.45, 7) is 3.20. The van der Waals surface area contributed by atoms with Gasteiger partial charge in [-0.3, -0.25) is 0 Å². The van der Waals surface area contributed by atoms with Crippen LogP contribution in [0.1, 0.15) is 38.2 Å². The van der Waals surface area contributed by atoms with Gasteiger partial charge in [-0.25, -0.2) is 4.39 Å². The Morgan fingerprint density at radius 1 is 1.38 bits per heavy atom. The summed E-state index contributed by atoms with van der Waals surface area (Å²) in [5.41, 5.74) is 0.822. The highest BCUT2D eigenvalue weighted by Crippen LogP contribution is 2.27. The number of benzene rings is 1. The van der Waals surface area contributed by atoms with Crippen molar-refractivity contribution in [2.45, 2.75) is 45.1 Å². The van der Waals surface area contributed by atoms with E-state index < -0.39 is 0 Å². The van der Waals surface area contributed by atoms with Crippen molar-refractivity contribution in [1.29, 1.82) is 0 Å². The molecule has 1 aromatic rings. The van der Waals surface area contributed by atoms with E-state index in [2.05, 4.69) is 39.9 Å². The van der Waals surface area contributed by atoms with Gasteiger partial charge in [-0.1, -0.05) is 22.9 Å². The summed E-state index contributed by atoms with van der Waals surface area (Å²) in [4.78, 5) is 0. The van der Waals surface area contributed by atoms with Crippen LogP contribution in [0, 0.1) is 11.7 Å². The van der Waals surface area contributed by atoms with Crippen LogP contribution < -0.4 is 5.32 Å². The number of hydrogen-bond acceptors (Lipinski definition) is 2. The average molecular weight is 374 g/mol. The summed E-state index contributed by atoms with van der Waals surface area (Å²) < 4.78 is 14.9. The molecule has 0 aliphatic carbocycles. The van der Waals surface area contributed by atoms with Crippen LogP contribution in [0.3, 0.4) is 0 Å². The van der Waals surface area contributed by atoms with Crippen molar-refractivity contribution in [3.63, 3.8) is 0 Å². The van der Waals surface area contributed by atoms with Gasteiger partial charge in [0.1, 0.15) is 5.82 Å². The van der Waals surface area contributed by atoms with Crippen molar-refractivity contribution in [3.05, 3.63) is 34.1 Å². The van der Waals surface area contributed by atoms with Crippen molar-refractivity contribution in [2.24, 2.45) is 5.92 Å². The van der Waals surface area contributed by atoms with Crippen LogP contribution in [0.4, 0.5) is 4.39 Å². The fourth-order valence-corrected chi connectivity index (χ4v) is 4.55. The van der Waals surface area contributed by atoms with E-state index in [0.717, 1.165) is 35.3 Å². The molecule has 118 valence electrons. The first kappa shape index (κ1) is 17.3. The SMILES string of the molecule is CCCNC(Cc1cc(Br)ccc1F)CC1CCSCC1. The first-order valence-corrected chi connectivity index (χ1v) is 9.89. The molecule has 1 fully saturated rings. The molecule has 1 aliphatic heterocycles. The Labute approximate surface area is 140 Å². The third-order valence-corrected chi connectivity index (χ3v) is 5.66. The first-order valence-electron chi connectivity index (χ1n) is 7.94. The molecule has 1 aromatic carbocycles. The Kier molecular flexibility index (Phi) is 7.55. The zero-order valence-electron chi connectivity index (χ0n) is 12.7. The molecule has 1 heterocycles. The molecule has 4 heteroatoms. The summed E-state index contributed by atoms with van der Waals surface area (Å²) in [5, 5.41) is 3.62. The lowest BCUT2D eigenvalue weighted by molar-refractivity contribution is 0.360. The Bertz CT molecular complexity index is 435. The van der Waals surface area contributed by atoms with Gasteiger partial charge in [0, 0.05) is 10.5 Å². The minimum atomic E-state index is -0.0827. The number of rotatable bonds is 7. The van der Waals surface area contributed by atoms with E-state index >= 15 is 0 Å². The second-order valence-corrected chi connectivity index (χ2v) is 8.02. The Morgan fingerprint density at radius 3 is 2.86 bits per heavy atom. The quantitative estimate of drug-likeness (QED) is 0.718. The second kappa shape index (κ2) is 9.16. The molecule has 0 saturated carbocycles. The van der Waals surface area contributed by atoms with Crippen molar-refractivity contribution in [3.8, 4) is 0 Å². The molecular weight excluding hydrogens is 349 g/mol. The Morgan fingerprint density at radius 2 is 2.14 bits per heavy atom. The number of halogens is 2. The van der Waals surface area contributed by atoms with Crippen LogP contribution >= 0.6 is 27.7 Å². The van der Waals surface area contributed by atoms with E-state index in [1.807, 2.05) is 6.07 Å². The largest absolute Gasteiger partial charge is 0.314 e. The molecular formula is C17H25BrFNS. The number of nitrogens with one attached hydrogen (secondary N) is 1. The first-order chi connectivity index (χ1) is 10.2. The lowest BCUT2D eigenvalue weighted by Gasteiger charge is -2.27. The lowest BCUT2D eigenvalue weighted by Crippen LogP contribution is -2.34. The molecule has 1 N–H and O–H groups in total. The van der Waals surface area contributed by atoms with Crippen molar-refractivity contribution in [1.82, 2.24) is 5.32 Å². The minimum absolute atomic E-state index is 0.0827. The minimum Gasteiger partial charge on any atom is -0.314 e. The number of thioether (sulfide) groups is 1. The van der Waals surface area contributed by atoms with E-state index in [4.69, 9.17) is 0 Å². The topological polar surface area (TPSA) is 12.0 Å². The van der Waals surface area contributed by atoms with E-state index in [-0.39, 0.29) is 5.82 Å². The maximum Gasteiger partial charge on any atom is 0.126 e. The third-order valence-electron chi connectivity index (χ3n) is 4.12. The third kappa shape index (κ3) is 5.91. The maximum atomic E-state index is 14.0. The molecule has 1 atom stereocenters. The fourth-order valence-electron chi connectivity index (χ4n) is 2.94. The van der Waals surface area contributed by atoms with Gasteiger partial charge in [0.05, 0.1) is 0 Å². The summed E-state index contributed by atoms with van der Waals surface area (Å²) >= 11 is 5.51. The summed E-state index contributed by atoms with van der Waals surface area (Å²) in [6.07, 6.45) is 5.71. The van der Waals surface area contributed by atoms with E-state index in [9.17, 15) is 4.39 Å². The summed E-state index contributed by atoms with van der Waals surface area (Å²) in [5.74, 6) is 3.30. The molecule has 0 bridgehead atoms. The van der Waals surface area contributed by atoms with Gasteiger partial charge in [0.2, 0.25) is 0 Å². The molecule has 1 aliphatic rings. The highest BCUT2D eigenvalue weighted by molar-refractivity contribution is 9.10. The van der Waals surface area contributed by atoms with Gasteiger partial charge < -0.3 is 5.32 Å². The van der Waals surface area contributed by atoms with Gasteiger partial charge in [-0.2, -0.15) is 11.8 Å². The van der Waals surface area contributed by atoms with Crippen LogP contribution in [-0.2, 0) is 6.42 Å².